The van der Waals surface area contributed by atoms with Crippen LogP contribution in [0, 0.1) is 5.92 Å². The van der Waals surface area contributed by atoms with Crippen LogP contribution in [0.3, 0.4) is 0 Å². The van der Waals surface area contributed by atoms with Gasteiger partial charge >= 0.3 is 0 Å². The number of phenols is 2. The van der Waals surface area contributed by atoms with Crippen molar-refractivity contribution >= 4 is 5.78 Å². The van der Waals surface area contributed by atoms with E-state index in [1.54, 1.807) is 0 Å². The Morgan fingerprint density at radius 1 is 1.20 bits per heavy atom. The molecule has 0 bridgehead atoms. The van der Waals surface area contributed by atoms with Gasteiger partial charge in [-0.15, -0.1) is 0 Å². The van der Waals surface area contributed by atoms with Gasteiger partial charge in [-0.2, -0.15) is 0 Å². The van der Waals surface area contributed by atoms with E-state index < -0.39 is 0 Å². The summed E-state index contributed by atoms with van der Waals surface area (Å²) in [5.74, 6) is -0.559. The first-order valence-corrected chi connectivity index (χ1v) is 8.78. The minimum Gasteiger partial charge on any atom is -0.508 e. The van der Waals surface area contributed by atoms with Crippen LogP contribution in [-0.2, 0) is 0 Å². The van der Waals surface area contributed by atoms with Gasteiger partial charge in [0.05, 0.1) is 0 Å². The van der Waals surface area contributed by atoms with Crippen molar-refractivity contribution in [1.82, 2.24) is 0 Å². The highest BCUT2D eigenvalue weighted by Gasteiger charge is 2.23. The molecule has 4 heteroatoms. The van der Waals surface area contributed by atoms with Gasteiger partial charge in [0.1, 0.15) is 29.4 Å². The Balaban J connectivity index is 2.87. The third kappa shape index (κ3) is 6.65. The third-order valence-corrected chi connectivity index (χ3v) is 4.13. The Hall–Kier alpha value is -2.23. The maximum atomic E-state index is 12.5. The molecule has 0 amide bonds. The highest BCUT2D eigenvalue weighted by atomic mass is 16.5. The minimum absolute atomic E-state index is 0.127. The van der Waals surface area contributed by atoms with Gasteiger partial charge in [-0.05, 0) is 46.1 Å². The molecule has 4 nitrogen and oxygen atoms in total. The van der Waals surface area contributed by atoms with Gasteiger partial charge in [-0.25, -0.2) is 0 Å². The zero-order valence-corrected chi connectivity index (χ0v) is 15.9. The molecule has 1 rings (SSSR count). The number of rotatable bonds is 9. The average molecular weight is 346 g/mol. The van der Waals surface area contributed by atoms with E-state index in [2.05, 4.69) is 19.9 Å². The molecule has 0 saturated carbocycles. The molecule has 0 saturated heterocycles. The quantitative estimate of drug-likeness (QED) is 0.464. The number of Topliss-reactive ketones (excluding diaryl/α,β-unsaturated/α-hetero) is 1. The van der Waals surface area contributed by atoms with E-state index in [1.807, 2.05) is 26.8 Å². The van der Waals surface area contributed by atoms with Gasteiger partial charge in [-0.3, -0.25) is 4.79 Å². The van der Waals surface area contributed by atoms with Crippen LogP contribution in [0.5, 0.6) is 17.2 Å². The van der Waals surface area contributed by atoms with E-state index in [9.17, 15) is 15.0 Å². The van der Waals surface area contributed by atoms with Crippen molar-refractivity contribution in [2.45, 2.75) is 53.9 Å². The topological polar surface area (TPSA) is 66.8 Å². The molecule has 0 aliphatic rings. The predicted octanol–water partition coefficient (Wildman–Crippen LogP) is 5.40. The smallest absolute Gasteiger partial charge is 0.173 e. The standard InChI is InChI=1S/C21H30O4/c1-6-16(5)21(24)20-18(23)12-17(22)13-19(20)25-11-10-15(4)9-7-8-14(2)3/h8,10,12-13,16,22-23H,6-7,9,11H2,1-5H3/t16-/m0/s1. The van der Waals surface area contributed by atoms with Gasteiger partial charge in [0.25, 0.3) is 0 Å². The Labute approximate surface area is 150 Å². The monoisotopic (exact) mass is 346 g/mol. The van der Waals surface area contributed by atoms with Crippen molar-refractivity contribution in [3.63, 3.8) is 0 Å². The second-order valence-corrected chi connectivity index (χ2v) is 6.69. The maximum Gasteiger partial charge on any atom is 0.173 e. The van der Waals surface area contributed by atoms with E-state index in [1.165, 1.54) is 23.3 Å². The van der Waals surface area contributed by atoms with Crippen molar-refractivity contribution in [1.29, 1.82) is 0 Å². The first-order chi connectivity index (χ1) is 11.8. The molecule has 1 aromatic carbocycles. The normalized spacial score (nSPS) is 12.6. The van der Waals surface area contributed by atoms with Crippen LogP contribution in [0.2, 0.25) is 0 Å². The number of carbonyl (C=O) groups excluding carboxylic acids is 1. The Morgan fingerprint density at radius 2 is 1.88 bits per heavy atom. The Kier molecular flexibility index (Phi) is 8.26. The van der Waals surface area contributed by atoms with E-state index in [0.717, 1.165) is 12.8 Å². The summed E-state index contributed by atoms with van der Waals surface area (Å²) in [6.07, 6.45) is 6.74. The lowest BCUT2D eigenvalue weighted by atomic mass is 9.95. The predicted molar refractivity (Wildman–Crippen MR) is 101 cm³/mol. The molecule has 0 aliphatic heterocycles. The van der Waals surface area contributed by atoms with Crippen LogP contribution < -0.4 is 4.74 Å². The second-order valence-electron chi connectivity index (χ2n) is 6.69. The van der Waals surface area contributed by atoms with E-state index in [0.29, 0.717) is 6.42 Å². The number of ether oxygens (including phenoxy) is 1. The average Bonchev–Trinajstić information content (AvgIpc) is 2.52. The first-order valence-electron chi connectivity index (χ1n) is 8.78. The molecule has 0 aromatic heterocycles. The van der Waals surface area contributed by atoms with E-state index >= 15 is 0 Å². The molecular formula is C21H30O4. The number of hydrogen-bond acceptors (Lipinski definition) is 4. The van der Waals surface area contributed by atoms with Crippen molar-refractivity contribution in [2.75, 3.05) is 6.61 Å². The summed E-state index contributed by atoms with van der Waals surface area (Å²) < 4.78 is 5.68. The maximum absolute atomic E-state index is 12.5. The summed E-state index contributed by atoms with van der Waals surface area (Å²) in [7, 11) is 0. The Morgan fingerprint density at radius 3 is 2.48 bits per heavy atom. The number of ketones is 1. The highest BCUT2D eigenvalue weighted by Crippen LogP contribution is 2.35. The lowest BCUT2D eigenvalue weighted by Crippen LogP contribution is -2.12. The molecule has 0 aliphatic carbocycles. The highest BCUT2D eigenvalue weighted by molar-refractivity contribution is 6.02. The van der Waals surface area contributed by atoms with Crippen molar-refractivity contribution < 1.29 is 19.7 Å². The number of hydrogen-bond donors (Lipinski definition) is 2. The van der Waals surface area contributed by atoms with Gasteiger partial charge in [-0.1, -0.05) is 31.1 Å². The second kappa shape index (κ2) is 9.92. The Bertz CT molecular complexity index is 652. The molecule has 0 radical (unpaired) electrons. The van der Waals surface area contributed by atoms with Gasteiger partial charge in [0.2, 0.25) is 0 Å². The fourth-order valence-electron chi connectivity index (χ4n) is 2.34. The molecule has 0 unspecified atom stereocenters. The summed E-state index contributed by atoms with van der Waals surface area (Å²) in [5, 5.41) is 19.8. The number of benzene rings is 1. The van der Waals surface area contributed by atoms with Gasteiger partial charge in [0.15, 0.2) is 5.78 Å². The van der Waals surface area contributed by atoms with Crippen LogP contribution in [0.15, 0.2) is 35.4 Å². The molecule has 0 heterocycles. The summed E-state index contributed by atoms with van der Waals surface area (Å²) in [5.41, 5.74) is 2.63. The van der Waals surface area contributed by atoms with Crippen LogP contribution >= 0.6 is 0 Å². The molecule has 1 atom stereocenters. The first kappa shape index (κ1) is 20.8. The van der Waals surface area contributed by atoms with Crippen molar-refractivity contribution in [3.8, 4) is 17.2 Å². The lowest BCUT2D eigenvalue weighted by Gasteiger charge is -2.15. The number of allylic oxidation sites excluding steroid dienone is 3. The molecule has 2 N–H and O–H groups in total. The largest absolute Gasteiger partial charge is 0.508 e. The molecule has 0 spiro atoms. The van der Waals surface area contributed by atoms with Crippen LogP contribution in [0.25, 0.3) is 0 Å². The van der Waals surface area contributed by atoms with Crippen LogP contribution in [-0.4, -0.2) is 22.6 Å². The van der Waals surface area contributed by atoms with Crippen molar-refractivity contribution in [2.24, 2.45) is 5.92 Å². The molecule has 138 valence electrons. The SMILES string of the molecule is CC[C@H](C)C(=O)c1c(O)cc(O)cc1OCC=C(C)CCC=C(C)C. The minimum atomic E-state index is -0.246. The number of carbonyl (C=O) groups is 1. The summed E-state index contributed by atoms with van der Waals surface area (Å²) >= 11 is 0. The van der Waals surface area contributed by atoms with Crippen LogP contribution in [0.4, 0.5) is 0 Å². The van der Waals surface area contributed by atoms with Crippen molar-refractivity contribution in [3.05, 3.63) is 41.0 Å². The molecule has 0 fully saturated rings. The third-order valence-electron chi connectivity index (χ3n) is 4.13. The van der Waals surface area contributed by atoms with Crippen LogP contribution in [0.1, 0.15) is 64.2 Å². The lowest BCUT2D eigenvalue weighted by molar-refractivity contribution is 0.0920. The summed E-state index contributed by atoms with van der Waals surface area (Å²) in [6, 6.07) is 2.55. The number of phenolic OH excluding ortho intramolecular Hbond substituents is 2. The summed E-state index contributed by atoms with van der Waals surface area (Å²) in [6.45, 7) is 10.2. The van der Waals surface area contributed by atoms with E-state index in [4.69, 9.17) is 4.74 Å². The molecule has 1 aromatic rings. The zero-order chi connectivity index (χ0) is 19.0. The van der Waals surface area contributed by atoms with Gasteiger partial charge in [0, 0.05) is 18.1 Å². The molecule has 25 heavy (non-hydrogen) atoms. The van der Waals surface area contributed by atoms with E-state index in [-0.39, 0.29) is 41.1 Å². The van der Waals surface area contributed by atoms with Gasteiger partial charge < -0.3 is 14.9 Å². The zero-order valence-electron chi connectivity index (χ0n) is 15.9. The molecular weight excluding hydrogens is 316 g/mol. The number of aromatic hydroxyl groups is 2. The summed E-state index contributed by atoms with van der Waals surface area (Å²) in [4.78, 5) is 12.5. The fourth-order valence-corrected chi connectivity index (χ4v) is 2.34. The fraction of sp³-hybridized carbons (Fsp3) is 0.476.